The molecule has 1 N–H and O–H groups in total. The molecule has 3 rings (SSSR count). The van der Waals surface area contributed by atoms with Gasteiger partial charge in [0.05, 0.1) is 17.5 Å². The number of carbonyl (C=O) groups excluding carboxylic acids is 1. The van der Waals surface area contributed by atoms with Crippen LogP contribution in [0.2, 0.25) is 5.02 Å². The minimum absolute atomic E-state index is 0.0635. The van der Waals surface area contributed by atoms with E-state index in [0.717, 1.165) is 12.1 Å². The van der Waals surface area contributed by atoms with Crippen LogP contribution in [0.25, 0.3) is 11.0 Å². The summed E-state index contributed by atoms with van der Waals surface area (Å²) in [6, 6.07) is 8.38. The Morgan fingerprint density at radius 2 is 2.07 bits per heavy atom. The highest BCUT2D eigenvalue weighted by atomic mass is 35.5. The molecule has 0 atom stereocenters. The van der Waals surface area contributed by atoms with Crippen LogP contribution in [0.15, 0.2) is 41.3 Å². The van der Waals surface area contributed by atoms with E-state index in [4.69, 9.17) is 16.3 Å². The van der Waals surface area contributed by atoms with E-state index in [1.165, 1.54) is 7.11 Å². The summed E-state index contributed by atoms with van der Waals surface area (Å²) in [4.78, 5) is 30.1. The normalized spacial score (nSPS) is 10.8. The Labute approximate surface area is 161 Å². The average Bonchev–Trinajstić information content (AvgIpc) is 2.64. The van der Waals surface area contributed by atoms with Gasteiger partial charge in [0.25, 0.3) is 5.91 Å². The van der Waals surface area contributed by atoms with E-state index >= 15 is 0 Å². The van der Waals surface area contributed by atoms with Gasteiger partial charge >= 0.3 is 0 Å². The fourth-order valence-corrected chi connectivity index (χ4v) is 3.13. The number of pyridine rings is 2. The van der Waals surface area contributed by atoms with Crippen LogP contribution >= 0.6 is 11.6 Å². The van der Waals surface area contributed by atoms with Crippen molar-refractivity contribution in [2.75, 3.05) is 12.4 Å². The molecular formula is C20H20ClN3O3. The lowest BCUT2D eigenvalue weighted by atomic mass is 10.1. The number of carbonyl (C=O) groups is 1. The number of aromatic nitrogens is 2. The molecule has 2 aromatic heterocycles. The molecule has 140 valence electrons. The largest absolute Gasteiger partial charge is 0.495 e. The maximum absolute atomic E-state index is 12.8. The maximum atomic E-state index is 12.8. The predicted octanol–water partition coefficient (Wildman–Crippen LogP) is 4.03. The summed E-state index contributed by atoms with van der Waals surface area (Å²) in [5.74, 6) is 0.0145. The van der Waals surface area contributed by atoms with Gasteiger partial charge < -0.3 is 14.6 Å². The first-order valence-electron chi connectivity index (χ1n) is 8.60. The van der Waals surface area contributed by atoms with Crippen LogP contribution in [0.4, 0.5) is 5.69 Å². The highest BCUT2D eigenvalue weighted by Crippen LogP contribution is 2.27. The second-order valence-electron chi connectivity index (χ2n) is 6.19. The van der Waals surface area contributed by atoms with E-state index in [-0.39, 0.29) is 11.0 Å². The number of hydrogen-bond acceptors (Lipinski definition) is 4. The summed E-state index contributed by atoms with van der Waals surface area (Å²) in [5.41, 5.74) is 1.60. The lowest BCUT2D eigenvalue weighted by Gasteiger charge is -2.13. The Morgan fingerprint density at radius 3 is 2.74 bits per heavy atom. The summed E-state index contributed by atoms with van der Waals surface area (Å²) >= 11 is 6.10. The lowest BCUT2D eigenvalue weighted by molar-refractivity contribution is 0.102. The molecule has 6 nitrogen and oxygen atoms in total. The van der Waals surface area contributed by atoms with E-state index in [1.54, 1.807) is 36.5 Å². The molecule has 0 saturated heterocycles. The Hall–Kier alpha value is -2.86. The van der Waals surface area contributed by atoms with Gasteiger partial charge in [-0.25, -0.2) is 4.98 Å². The molecule has 0 fully saturated rings. The van der Waals surface area contributed by atoms with Crippen LogP contribution in [0.1, 0.15) is 29.4 Å². The lowest BCUT2D eigenvalue weighted by Crippen LogP contribution is -2.24. The quantitative estimate of drug-likeness (QED) is 0.719. The number of ether oxygens (including phenoxy) is 1. The van der Waals surface area contributed by atoms with Gasteiger partial charge in [0.15, 0.2) is 0 Å². The molecule has 0 aliphatic heterocycles. The number of nitrogens with one attached hydrogen (secondary N) is 1. The first kappa shape index (κ1) is 18.9. The van der Waals surface area contributed by atoms with Crippen molar-refractivity contribution in [2.24, 2.45) is 0 Å². The third-order valence-corrected chi connectivity index (χ3v) is 4.47. The van der Waals surface area contributed by atoms with E-state index < -0.39 is 5.91 Å². The molecule has 27 heavy (non-hydrogen) atoms. The molecule has 2 heterocycles. The van der Waals surface area contributed by atoms with Crippen molar-refractivity contribution < 1.29 is 9.53 Å². The van der Waals surface area contributed by atoms with Crippen molar-refractivity contribution in [3.63, 3.8) is 0 Å². The van der Waals surface area contributed by atoms with Crippen LogP contribution in [-0.4, -0.2) is 22.6 Å². The van der Waals surface area contributed by atoms with Gasteiger partial charge in [0.1, 0.15) is 17.0 Å². The van der Waals surface area contributed by atoms with E-state index in [2.05, 4.69) is 10.3 Å². The van der Waals surface area contributed by atoms with Crippen LogP contribution in [0.5, 0.6) is 5.75 Å². The standard InChI is InChI=1S/C20H20ClN3O3/c1-4-9-24-11-15(18(25)14-7-5-12(2)22-19(14)24)20(26)23-13-6-8-17(27-3)16(21)10-13/h5-8,10-11H,4,9H2,1-3H3,(H,23,26). The fraction of sp³-hybridized carbons (Fsp3) is 0.250. The maximum Gasteiger partial charge on any atom is 0.261 e. The molecule has 0 radical (unpaired) electrons. The summed E-state index contributed by atoms with van der Waals surface area (Å²) in [6.45, 7) is 4.55. The smallest absolute Gasteiger partial charge is 0.261 e. The second kappa shape index (κ2) is 7.80. The van der Waals surface area contributed by atoms with E-state index in [0.29, 0.717) is 34.0 Å². The van der Waals surface area contributed by atoms with Crippen molar-refractivity contribution in [3.05, 3.63) is 63.0 Å². The van der Waals surface area contributed by atoms with Gasteiger partial charge in [0.2, 0.25) is 5.43 Å². The monoisotopic (exact) mass is 385 g/mol. The number of halogens is 1. The molecule has 3 aromatic rings. The van der Waals surface area contributed by atoms with Crippen LogP contribution in [0.3, 0.4) is 0 Å². The summed E-state index contributed by atoms with van der Waals surface area (Å²) in [7, 11) is 1.51. The molecule has 1 amide bonds. The van der Waals surface area contributed by atoms with Crippen LogP contribution in [-0.2, 0) is 6.54 Å². The van der Waals surface area contributed by atoms with E-state index in [1.807, 2.05) is 18.4 Å². The van der Waals surface area contributed by atoms with Crippen molar-refractivity contribution in [2.45, 2.75) is 26.8 Å². The predicted molar refractivity (Wildman–Crippen MR) is 107 cm³/mol. The number of aryl methyl sites for hydroxylation is 2. The van der Waals surface area contributed by atoms with Crippen LogP contribution in [0, 0.1) is 6.92 Å². The summed E-state index contributed by atoms with van der Waals surface area (Å²) < 4.78 is 6.95. The first-order chi connectivity index (χ1) is 12.9. The third kappa shape index (κ3) is 3.80. The van der Waals surface area contributed by atoms with Crippen molar-refractivity contribution in [1.29, 1.82) is 0 Å². The zero-order valence-electron chi connectivity index (χ0n) is 15.4. The third-order valence-electron chi connectivity index (χ3n) is 4.18. The van der Waals surface area contributed by atoms with Crippen molar-refractivity contribution in [3.8, 4) is 5.75 Å². The molecule has 0 unspecified atom stereocenters. The molecule has 0 spiro atoms. The van der Waals surface area contributed by atoms with Gasteiger partial charge in [0, 0.05) is 24.1 Å². The Balaban J connectivity index is 2.04. The molecule has 0 aliphatic carbocycles. The van der Waals surface area contributed by atoms with Gasteiger partial charge in [-0.05, 0) is 43.7 Å². The number of anilines is 1. The first-order valence-corrected chi connectivity index (χ1v) is 8.98. The summed E-state index contributed by atoms with van der Waals surface area (Å²) in [6.07, 6.45) is 2.42. The number of nitrogens with zero attached hydrogens (tertiary/aromatic N) is 2. The number of methoxy groups -OCH3 is 1. The van der Waals surface area contributed by atoms with Crippen molar-refractivity contribution in [1.82, 2.24) is 9.55 Å². The molecule has 0 aliphatic rings. The Kier molecular flexibility index (Phi) is 5.46. The van der Waals surface area contributed by atoms with E-state index in [9.17, 15) is 9.59 Å². The Bertz CT molecular complexity index is 1080. The van der Waals surface area contributed by atoms with Crippen LogP contribution < -0.4 is 15.5 Å². The van der Waals surface area contributed by atoms with Gasteiger partial charge in [-0.3, -0.25) is 9.59 Å². The van der Waals surface area contributed by atoms with Gasteiger partial charge in [-0.15, -0.1) is 0 Å². The molecule has 7 heteroatoms. The number of benzene rings is 1. The molecule has 0 saturated carbocycles. The minimum Gasteiger partial charge on any atom is -0.495 e. The Morgan fingerprint density at radius 1 is 1.30 bits per heavy atom. The highest BCUT2D eigenvalue weighted by molar-refractivity contribution is 6.32. The number of amides is 1. The number of fused-ring (bicyclic) bond motifs is 1. The van der Waals surface area contributed by atoms with Gasteiger partial charge in [-0.1, -0.05) is 18.5 Å². The molecule has 1 aromatic carbocycles. The molecular weight excluding hydrogens is 366 g/mol. The van der Waals surface area contributed by atoms with Gasteiger partial charge in [-0.2, -0.15) is 0 Å². The summed E-state index contributed by atoms with van der Waals surface area (Å²) in [5, 5.41) is 3.52. The van der Waals surface area contributed by atoms with Crippen molar-refractivity contribution >= 4 is 34.2 Å². The SMILES string of the molecule is CCCn1cc(C(=O)Nc2ccc(OC)c(Cl)c2)c(=O)c2ccc(C)nc21. The number of rotatable bonds is 5. The average molecular weight is 386 g/mol. The fourth-order valence-electron chi connectivity index (χ4n) is 2.88. The topological polar surface area (TPSA) is 73.2 Å². The zero-order valence-corrected chi connectivity index (χ0v) is 16.1. The highest BCUT2D eigenvalue weighted by Gasteiger charge is 2.17. The minimum atomic E-state index is -0.492. The number of hydrogen-bond donors (Lipinski definition) is 1. The molecule has 0 bridgehead atoms. The second-order valence-corrected chi connectivity index (χ2v) is 6.60. The zero-order chi connectivity index (χ0) is 19.6.